The molecule has 1 saturated heterocycles. The maximum absolute atomic E-state index is 13.4. The largest absolute Gasteiger partial charge is 0.408 e. The molecule has 0 aliphatic carbocycles. The van der Waals surface area contributed by atoms with Crippen molar-refractivity contribution in [1.29, 1.82) is 5.26 Å². The minimum absolute atomic E-state index is 0.0658. The zero-order chi connectivity index (χ0) is 28.1. The molecule has 1 unspecified atom stereocenters. The van der Waals surface area contributed by atoms with Gasteiger partial charge in [-0.05, 0) is 44.5 Å². The number of fused-ring (bicyclic) bond motifs is 1. The number of nitrogens with zero attached hydrogens (tertiary/aromatic N) is 7. The van der Waals surface area contributed by atoms with E-state index in [1.54, 1.807) is 43.0 Å². The fraction of sp³-hybridized carbons (Fsp3) is 0.346. The average molecular weight is 539 g/mol. The summed E-state index contributed by atoms with van der Waals surface area (Å²) in [5, 5.41) is 18.0. The number of anilines is 2. The lowest BCUT2D eigenvalue weighted by Crippen LogP contribution is -2.58. The Kier molecular flexibility index (Phi) is 6.30. The van der Waals surface area contributed by atoms with Crippen molar-refractivity contribution in [2.24, 2.45) is 0 Å². The van der Waals surface area contributed by atoms with Crippen molar-refractivity contribution in [2.75, 3.05) is 17.2 Å². The number of carbonyl (C=O) groups excluding carboxylic acids is 1. The number of hydrogen-bond acceptors (Lipinski definition) is 7. The maximum atomic E-state index is 13.4. The number of alkyl halides is 3. The monoisotopic (exact) mass is 538 g/mol. The van der Waals surface area contributed by atoms with E-state index in [2.05, 4.69) is 21.3 Å². The number of benzene rings is 1. The molecule has 2 N–H and O–H groups in total. The Morgan fingerprint density at radius 1 is 1.21 bits per heavy atom. The minimum atomic E-state index is -4.49. The molecule has 1 aliphatic heterocycles. The van der Waals surface area contributed by atoms with Gasteiger partial charge in [0.2, 0.25) is 0 Å². The Morgan fingerprint density at radius 3 is 2.67 bits per heavy atom. The van der Waals surface area contributed by atoms with Crippen molar-refractivity contribution in [2.45, 2.75) is 51.6 Å². The van der Waals surface area contributed by atoms with Gasteiger partial charge in [0.05, 0.1) is 35.3 Å². The minimum Gasteiger partial charge on any atom is -0.382 e. The average Bonchev–Trinajstić information content (AvgIpc) is 3.49. The molecule has 0 radical (unpaired) electrons. The molecule has 0 bridgehead atoms. The third kappa shape index (κ3) is 4.57. The Hall–Kier alpha value is -4.44. The number of nitrogen functional groups attached to an aromatic ring is 1. The zero-order valence-electron chi connectivity index (χ0n) is 21.4. The third-order valence-electron chi connectivity index (χ3n) is 6.78. The number of nitrogens with two attached hydrogens (primary N) is 1. The Bertz CT molecular complexity index is 1620. The molecule has 13 heteroatoms. The van der Waals surface area contributed by atoms with Crippen molar-refractivity contribution in [3.05, 3.63) is 48.4 Å². The molecular formula is C26H25F3N8O2. The van der Waals surface area contributed by atoms with Gasteiger partial charge in [0.15, 0.2) is 5.82 Å². The van der Waals surface area contributed by atoms with Gasteiger partial charge in [-0.15, -0.1) is 0 Å². The highest BCUT2D eigenvalue weighted by atomic mass is 19.4. The Labute approximate surface area is 221 Å². The van der Waals surface area contributed by atoms with Gasteiger partial charge in [-0.1, -0.05) is 13.0 Å². The first-order chi connectivity index (χ1) is 18.4. The summed E-state index contributed by atoms with van der Waals surface area (Å²) in [6, 6.07) is 9.98. The lowest BCUT2D eigenvalue weighted by atomic mass is 9.98. The van der Waals surface area contributed by atoms with Crippen LogP contribution in [0.15, 0.2) is 42.9 Å². The zero-order valence-corrected chi connectivity index (χ0v) is 21.4. The highest BCUT2D eigenvalue weighted by Gasteiger charge is 2.43. The first-order valence-electron chi connectivity index (χ1n) is 12.2. The summed E-state index contributed by atoms with van der Waals surface area (Å²) in [4.78, 5) is 19.1. The number of hydrogen-bond donors (Lipinski definition) is 1. The fourth-order valence-corrected chi connectivity index (χ4v) is 4.81. The van der Waals surface area contributed by atoms with E-state index in [0.717, 1.165) is 4.68 Å². The molecule has 4 heterocycles. The molecule has 1 aromatic carbocycles. The highest BCUT2D eigenvalue weighted by molar-refractivity contribution is 6.02. The van der Waals surface area contributed by atoms with Crippen LogP contribution in [0.4, 0.5) is 24.7 Å². The molecule has 1 aliphatic rings. The van der Waals surface area contributed by atoms with Crippen LogP contribution >= 0.6 is 0 Å². The highest BCUT2D eigenvalue weighted by Crippen LogP contribution is 2.38. The second-order valence-corrected chi connectivity index (χ2v) is 9.74. The van der Waals surface area contributed by atoms with E-state index in [4.69, 9.17) is 10.5 Å². The first kappa shape index (κ1) is 26.2. The molecule has 5 rings (SSSR count). The van der Waals surface area contributed by atoms with Gasteiger partial charge in [-0.3, -0.25) is 9.48 Å². The van der Waals surface area contributed by atoms with Crippen LogP contribution in [0.5, 0.6) is 0 Å². The number of morpholine rings is 1. The lowest BCUT2D eigenvalue weighted by molar-refractivity contribution is -0.148. The quantitative estimate of drug-likeness (QED) is 0.404. The third-order valence-corrected chi connectivity index (χ3v) is 6.78. The Morgan fingerprint density at radius 2 is 1.97 bits per heavy atom. The molecule has 1 amide bonds. The molecular weight excluding hydrogens is 513 g/mol. The molecule has 0 saturated carbocycles. The van der Waals surface area contributed by atoms with Gasteiger partial charge in [-0.2, -0.15) is 28.6 Å². The van der Waals surface area contributed by atoms with Crippen LogP contribution in [0.25, 0.3) is 28.0 Å². The van der Waals surface area contributed by atoms with Crippen molar-refractivity contribution in [3.63, 3.8) is 0 Å². The number of halogens is 3. The molecule has 3 aromatic heterocycles. The molecule has 10 nitrogen and oxygen atoms in total. The molecule has 1 atom stereocenters. The summed E-state index contributed by atoms with van der Waals surface area (Å²) >= 11 is 0. The number of carbonyl (C=O) groups is 1. The van der Waals surface area contributed by atoms with Gasteiger partial charge >= 0.3 is 6.18 Å². The molecule has 202 valence electrons. The molecule has 39 heavy (non-hydrogen) atoms. The van der Waals surface area contributed by atoms with E-state index in [0.29, 0.717) is 46.6 Å². The van der Waals surface area contributed by atoms with E-state index in [9.17, 15) is 23.2 Å². The van der Waals surface area contributed by atoms with Crippen LogP contribution in [0.1, 0.15) is 32.8 Å². The summed E-state index contributed by atoms with van der Waals surface area (Å²) in [5.74, 6) is -0.214. The predicted molar refractivity (Wildman–Crippen MR) is 136 cm³/mol. The normalized spacial score (nSPS) is 17.5. The first-order valence-corrected chi connectivity index (χ1v) is 12.2. The molecule has 4 aromatic rings. The summed E-state index contributed by atoms with van der Waals surface area (Å²) in [7, 11) is 0. The summed E-state index contributed by atoms with van der Waals surface area (Å²) in [5.41, 5.74) is 7.68. The lowest BCUT2D eigenvalue weighted by Gasteiger charge is -2.43. The summed E-state index contributed by atoms with van der Waals surface area (Å²) < 4.78 is 47.8. The maximum Gasteiger partial charge on any atom is 0.408 e. The van der Waals surface area contributed by atoms with Crippen molar-refractivity contribution in [3.8, 4) is 28.6 Å². The van der Waals surface area contributed by atoms with E-state index in [1.165, 1.54) is 23.1 Å². The Balaban J connectivity index is 1.71. The van der Waals surface area contributed by atoms with Crippen LogP contribution in [-0.4, -0.2) is 54.7 Å². The standard InChI is InChI=1S/C26H25F3N8O2/c1-4-17-12-39-25(2,3)24(38)36(17)20-9-15(5-6-16(20)11-30)21-10-18(22-23(31)32-14-34-37(21)22)19-7-8-33-35(19)13-26(27,28)29/h5-10,14,17H,4,12-13H2,1-3H3,(H2,31,32,34). The van der Waals surface area contributed by atoms with Crippen molar-refractivity contribution in [1.82, 2.24) is 24.4 Å². The van der Waals surface area contributed by atoms with E-state index >= 15 is 0 Å². The van der Waals surface area contributed by atoms with Gasteiger partial charge in [0.25, 0.3) is 5.91 Å². The van der Waals surface area contributed by atoms with Gasteiger partial charge in [0.1, 0.15) is 30.1 Å². The molecule has 1 fully saturated rings. The number of rotatable bonds is 5. The molecule has 0 spiro atoms. The summed E-state index contributed by atoms with van der Waals surface area (Å²) in [6.45, 7) is 4.31. The second-order valence-electron chi connectivity index (χ2n) is 9.74. The van der Waals surface area contributed by atoms with Crippen LogP contribution in [-0.2, 0) is 16.1 Å². The van der Waals surface area contributed by atoms with Crippen molar-refractivity contribution >= 4 is 22.9 Å². The van der Waals surface area contributed by atoms with Gasteiger partial charge in [0, 0.05) is 17.3 Å². The van der Waals surface area contributed by atoms with E-state index in [1.807, 2.05) is 6.92 Å². The topological polar surface area (TPSA) is 127 Å². The SMILES string of the molecule is CCC1COC(C)(C)C(=O)N1c1cc(-c2cc(-c3ccnn3CC(F)(F)F)c3c(N)ncnn23)ccc1C#N. The van der Waals surface area contributed by atoms with Crippen LogP contribution in [0.3, 0.4) is 0 Å². The van der Waals surface area contributed by atoms with Crippen molar-refractivity contribution < 1.29 is 22.7 Å². The fourth-order valence-electron chi connectivity index (χ4n) is 4.81. The van der Waals surface area contributed by atoms with E-state index < -0.39 is 18.3 Å². The van der Waals surface area contributed by atoms with Crippen LogP contribution in [0.2, 0.25) is 0 Å². The predicted octanol–water partition coefficient (Wildman–Crippen LogP) is 4.20. The number of ether oxygens (including phenoxy) is 1. The smallest absolute Gasteiger partial charge is 0.382 e. The number of amides is 1. The van der Waals surface area contributed by atoms with Crippen LogP contribution in [0, 0.1) is 11.3 Å². The second kappa shape index (κ2) is 9.39. The van der Waals surface area contributed by atoms with E-state index in [-0.39, 0.29) is 23.5 Å². The van der Waals surface area contributed by atoms with Gasteiger partial charge < -0.3 is 15.4 Å². The summed E-state index contributed by atoms with van der Waals surface area (Å²) in [6.07, 6.45) is -1.37. The van der Waals surface area contributed by atoms with Crippen LogP contribution < -0.4 is 10.6 Å². The number of nitriles is 1. The van der Waals surface area contributed by atoms with Gasteiger partial charge in [-0.25, -0.2) is 9.50 Å². The number of aromatic nitrogens is 5.